The van der Waals surface area contributed by atoms with Crippen LogP contribution in [0.5, 0.6) is 0 Å². The van der Waals surface area contributed by atoms with Gasteiger partial charge in [-0.2, -0.15) is 0 Å². The summed E-state index contributed by atoms with van der Waals surface area (Å²) in [5.74, 6) is 0. The fourth-order valence-electron chi connectivity index (χ4n) is 2.93. The molecule has 80 valence electrons. The van der Waals surface area contributed by atoms with E-state index in [9.17, 15) is 0 Å². The molecular weight excluding hydrogens is 250 g/mol. The third kappa shape index (κ3) is 1.85. The standard InChI is InChI=1S/C13H16BrN/c14-12-4-3-10-8-13(9-11(10)7-12)15-5-1-2-6-15/h3-4,7,13H,1-2,5-6,8-9H2. The van der Waals surface area contributed by atoms with Crippen molar-refractivity contribution in [3.63, 3.8) is 0 Å². The molecule has 0 radical (unpaired) electrons. The SMILES string of the molecule is Brc1ccc2c(c1)CC(N1CCCC1)C2. The first-order valence-corrected chi connectivity index (χ1v) is 6.63. The Hall–Kier alpha value is -0.340. The van der Waals surface area contributed by atoms with Crippen molar-refractivity contribution in [2.75, 3.05) is 13.1 Å². The van der Waals surface area contributed by atoms with Gasteiger partial charge in [0.25, 0.3) is 0 Å². The van der Waals surface area contributed by atoms with E-state index in [-0.39, 0.29) is 0 Å². The van der Waals surface area contributed by atoms with Gasteiger partial charge in [-0.3, -0.25) is 4.90 Å². The second-order valence-electron chi connectivity index (χ2n) is 4.72. The third-order valence-electron chi connectivity index (χ3n) is 3.74. The molecule has 2 aliphatic rings. The minimum absolute atomic E-state index is 0.789. The van der Waals surface area contributed by atoms with E-state index in [1.165, 1.54) is 43.2 Å². The predicted octanol–water partition coefficient (Wildman–Crippen LogP) is 3.01. The molecule has 0 amide bonds. The maximum atomic E-state index is 3.55. The molecule has 1 aromatic carbocycles. The van der Waals surface area contributed by atoms with Crippen molar-refractivity contribution < 1.29 is 0 Å². The number of rotatable bonds is 1. The molecule has 2 heteroatoms. The summed E-state index contributed by atoms with van der Waals surface area (Å²) in [6, 6.07) is 7.54. The van der Waals surface area contributed by atoms with Crippen molar-refractivity contribution in [3.8, 4) is 0 Å². The van der Waals surface area contributed by atoms with Crippen molar-refractivity contribution in [2.24, 2.45) is 0 Å². The molecule has 15 heavy (non-hydrogen) atoms. The second kappa shape index (κ2) is 3.91. The summed E-state index contributed by atoms with van der Waals surface area (Å²) in [7, 11) is 0. The molecule has 0 bridgehead atoms. The largest absolute Gasteiger partial charge is 0.300 e. The Morgan fingerprint density at radius 2 is 1.80 bits per heavy atom. The Morgan fingerprint density at radius 1 is 1.07 bits per heavy atom. The fraction of sp³-hybridized carbons (Fsp3) is 0.538. The van der Waals surface area contributed by atoms with Crippen LogP contribution in [-0.2, 0) is 12.8 Å². The minimum Gasteiger partial charge on any atom is -0.300 e. The van der Waals surface area contributed by atoms with Gasteiger partial charge >= 0.3 is 0 Å². The van der Waals surface area contributed by atoms with E-state index in [4.69, 9.17) is 0 Å². The zero-order valence-electron chi connectivity index (χ0n) is 8.88. The van der Waals surface area contributed by atoms with E-state index in [1.54, 1.807) is 11.1 Å². The molecule has 0 N–H and O–H groups in total. The smallest absolute Gasteiger partial charge is 0.0178 e. The molecule has 0 saturated carbocycles. The van der Waals surface area contributed by atoms with E-state index in [2.05, 4.69) is 39.0 Å². The van der Waals surface area contributed by atoms with Crippen LogP contribution in [0.3, 0.4) is 0 Å². The number of fused-ring (bicyclic) bond motifs is 1. The van der Waals surface area contributed by atoms with Crippen LogP contribution in [0.4, 0.5) is 0 Å². The molecule has 1 heterocycles. The van der Waals surface area contributed by atoms with Crippen molar-refractivity contribution in [1.29, 1.82) is 0 Å². The zero-order valence-corrected chi connectivity index (χ0v) is 10.5. The van der Waals surface area contributed by atoms with E-state index in [0.717, 1.165) is 6.04 Å². The van der Waals surface area contributed by atoms with Gasteiger partial charge in [0, 0.05) is 10.5 Å². The van der Waals surface area contributed by atoms with E-state index in [0.29, 0.717) is 0 Å². The van der Waals surface area contributed by atoms with Crippen LogP contribution in [0.25, 0.3) is 0 Å². The van der Waals surface area contributed by atoms with Gasteiger partial charge in [0.2, 0.25) is 0 Å². The summed E-state index contributed by atoms with van der Waals surface area (Å²) >= 11 is 3.55. The lowest BCUT2D eigenvalue weighted by Gasteiger charge is -2.22. The number of hydrogen-bond acceptors (Lipinski definition) is 1. The van der Waals surface area contributed by atoms with Gasteiger partial charge in [-0.25, -0.2) is 0 Å². The number of hydrogen-bond donors (Lipinski definition) is 0. The highest BCUT2D eigenvalue weighted by Crippen LogP contribution is 2.29. The van der Waals surface area contributed by atoms with Crippen LogP contribution in [0, 0.1) is 0 Å². The van der Waals surface area contributed by atoms with Gasteiger partial charge < -0.3 is 0 Å². The summed E-state index contributed by atoms with van der Waals surface area (Å²) in [4.78, 5) is 2.67. The van der Waals surface area contributed by atoms with Crippen molar-refractivity contribution in [2.45, 2.75) is 31.7 Å². The summed E-state index contributed by atoms with van der Waals surface area (Å²) in [6.07, 6.45) is 5.32. The van der Waals surface area contributed by atoms with Crippen molar-refractivity contribution in [1.82, 2.24) is 4.90 Å². The second-order valence-corrected chi connectivity index (χ2v) is 5.63. The molecule has 1 atom stereocenters. The Balaban J connectivity index is 1.79. The third-order valence-corrected chi connectivity index (χ3v) is 4.23. The molecule has 1 fully saturated rings. The normalized spacial score (nSPS) is 25.8. The Morgan fingerprint density at radius 3 is 2.60 bits per heavy atom. The number of likely N-dealkylation sites (tertiary alicyclic amines) is 1. The van der Waals surface area contributed by atoms with Crippen LogP contribution in [-0.4, -0.2) is 24.0 Å². The van der Waals surface area contributed by atoms with Crippen LogP contribution in [0.1, 0.15) is 24.0 Å². The van der Waals surface area contributed by atoms with Crippen LogP contribution in [0.15, 0.2) is 22.7 Å². The first-order chi connectivity index (χ1) is 7.33. The molecule has 0 aromatic heterocycles. The molecule has 1 unspecified atom stereocenters. The van der Waals surface area contributed by atoms with Gasteiger partial charge in [-0.15, -0.1) is 0 Å². The first kappa shape index (κ1) is 9.86. The van der Waals surface area contributed by atoms with E-state index < -0.39 is 0 Å². The molecule has 1 aromatic rings. The highest BCUT2D eigenvalue weighted by atomic mass is 79.9. The van der Waals surface area contributed by atoms with E-state index in [1.807, 2.05) is 0 Å². The van der Waals surface area contributed by atoms with Gasteiger partial charge in [0.1, 0.15) is 0 Å². The fourth-order valence-corrected chi connectivity index (χ4v) is 3.34. The molecule has 0 spiro atoms. The van der Waals surface area contributed by atoms with Crippen molar-refractivity contribution in [3.05, 3.63) is 33.8 Å². The Bertz CT molecular complexity index is 369. The maximum absolute atomic E-state index is 3.55. The molecular formula is C13H16BrN. The first-order valence-electron chi connectivity index (χ1n) is 5.84. The Kier molecular flexibility index (Phi) is 2.57. The molecule has 1 aliphatic carbocycles. The number of halogens is 1. The van der Waals surface area contributed by atoms with Crippen molar-refractivity contribution >= 4 is 15.9 Å². The molecule has 1 nitrogen and oxygen atoms in total. The molecule has 3 rings (SSSR count). The van der Waals surface area contributed by atoms with Gasteiger partial charge in [0.05, 0.1) is 0 Å². The summed E-state index contributed by atoms with van der Waals surface area (Å²) < 4.78 is 1.23. The lowest BCUT2D eigenvalue weighted by Crippen LogP contribution is -2.33. The minimum atomic E-state index is 0.789. The highest BCUT2D eigenvalue weighted by Gasteiger charge is 2.28. The zero-order chi connectivity index (χ0) is 10.3. The predicted molar refractivity (Wildman–Crippen MR) is 66.1 cm³/mol. The maximum Gasteiger partial charge on any atom is 0.0178 e. The lowest BCUT2D eigenvalue weighted by atomic mass is 10.1. The topological polar surface area (TPSA) is 3.24 Å². The van der Waals surface area contributed by atoms with Crippen LogP contribution in [0.2, 0.25) is 0 Å². The summed E-state index contributed by atoms with van der Waals surface area (Å²) in [6.45, 7) is 2.64. The number of nitrogens with zero attached hydrogens (tertiary/aromatic N) is 1. The highest BCUT2D eigenvalue weighted by molar-refractivity contribution is 9.10. The quantitative estimate of drug-likeness (QED) is 0.755. The van der Waals surface area contributed by atoms with Crippen LogP contribution < -0.4 is 0 Å². The number of benzene rings is 1. The van der Waals surface area contributed by atoms with Gasteiger partial charge in [-0.05, 0) is 62.0 Å². The monoisotopic (exact) mass is 265 g/mol. The average Bonchev–Trinajstić information content (AvgIpc) is 2.84. The molecule has 1 aliphatic heterocycles. The van der Waals surface area contributed by atoms with Gasteiger partial charge in [-0.1, -0.05) is 22.0 Å². The lowest BCUT2D eigenvalue weighted by molar-refractivity contribution is 0.250. The van der Waals surface area contributed by atoms with E-state index >= 15 is 0 Å². The van der Waals surface area contributed by atoms with Crippen LogP contribution >= 0.6 is 15.9 Å². The average molecular weight is 266 g/mol. The Labute approximate surface area is 99.6 Å². The van der Waals surface area contributed by atoms with Gasteiger partial charge in [0.15, 0.2) is 0 Å². The molecule has 1 saturated heterocycles. The summed E-state index contributed by atoms with van der Waals surface area (Å²) in [5.41, 5.74) is 3.12. The summed E-state index contributed by atoms with van der Waals surface area (Å²) in [5, 5.41) is 0.